The first kappa shape index (κ1) is 24.1. The number of fused-ring (bicyclic) bond motifs is 1. The Morgan fingerprint density at radius 2 is 1.86 bits per heavy atom. The number of benzene rings is 2. The van der Waals surface area contributed by atoms with Crippen LogP contribution in [0.4, 0.5) is 11.5 Å². The highest BCUT2D eigenvalue weighted by molar-refractivity contribution is 6.09. The summed E-state index contributed by atoms with van der Waals surface area (Å²) in [5.74, 6) is 0.582. The topological polar surface area (TPSA) is 134 Å². The Labute approximate surface area is 208 Å². The first-order valence-electron chi connectivity index (χ1n) is 11.1. The van der Waals surface area contributed by atoms with Crippen molar-refractivity contribution < 1.29 is 14.3 Å². The summed E-state index contributed by atoms with van der Waals surface area (Å²) in [6.07, 6.45) is 1.84. The molecule has 1 amide bonds. The zero-order valence-corrected chi connectivity index (χ0v) is 20.0. The number of aromatic nitrogens is 1. The van der Waals surface area contributed by atoms with Crippen LogP contribution in [0.5, 0.6) is 11.5 Å². The lowest BCUT2D eigenvalue weighted by atomic mass is 9.95. The van der Waals surface area contributed by atoms with E-state index < -0.39 is 0 Å². The van der Waals surface area contributed by atoms with Crippen molar-refractivity contribution >= 4 is 34.6 Å². The number of methoxy groups -OCH3 is 1. The molecule has 3 N–H and O–H groups in total. The van der Waals surface area contributed by atoms with E-state index in [1.165, 1.54) is 7.11 Å². The fourth-order valence-corrected chi connectivity index (χ4v) is 4.17. The normalized spacial score (nSPS) is 13.1. The maximum absolute atomic E-state index is 12.5. The summed E-state index contributed by atoms with van der Waals surface area (Å²) < 4.78 is 11.4. The number of rotatable bonds is 6. The number of hydrogen-bond acceptors (Lipinski definition) is 7. The highest BCUT2D eigenvalue weighted by atomic mass is 16.5. The predicted molar refractivity (Wildman–Crippen MR) is 138 cm³/mol. The average molecular weight is 478 g/mol. The van der Waals surface area contributed by atoms with E-state index >= 15 is 0 Å². The smallest absolute Gasteiger partial charge is 0.262 e. The number of nitrogen functional groups attached to an aromatic ring is 1. The number of anilines is 2. The van der Waals surface area contributed by atoms with Gasteiger partial charge in [0.25, 0.3) is 5.91 Å². The summed E-state index contributed by atoms with van der Waals surface area (Å²) in [6, 6.07) is 18.8. The van der Waals surface area contributed by atoms with E-state index in [2.05, 4.69) is 22.4 Å². The van der Waals surface area contributed by atoms with Gasteiger partial charge in [-0.2, -0.15) is 10.5 Å². The Morgan fingerprint density at radius 1 is 1.11 bits per heavy atom. The van der Waals surface area contributed by atoms with Gasteiger partial charge in [-0.1, -0.05) is 30.3 Å². The number of carbonyl (C=O) groups excluding carboxylic acids is 1. The van der Waals surface area contributed by atoms with Crippen molar-refractivity contribution in [3.05, 3.63) is 82.1 Å². The largest absolute Gasteiger partial charge is 0.493 e. The lowest BCUT2D eigenvalue weighted by molar-refractivity contribution is -0.118. The molecule has 1 aliphatic rings. The van der Waals surface area contributed by atoms with Crippen molar-refractivity contribution in [3.8, 4) is 23.6 Å². The number of allylic oxidation sites excluding steroid dienone is 3. The molecule has 0 saturated heterocycles. The monoisotopic (exact) mass is 477 g/mol. The average Bonchev–Trinajstić information content (AvgIpc) is 3.14. The highest BCUT2D eigenvalue weighted by Gasteiger charge is 2.30. The van der Waals surface area contributed by atoms with Crippen LogP contribution in [0.2, 0.25) is 0 Å². The molecule has 0 radical (unpaired) electrons. The quantitative estimate of drug-likeness (QED) is 0.524. The van der Waals surface area contributed by atoms with Gasteiger partial charge >= 0.3 is 0 Å². The first-order chi connectivity index (χ1) is 17.4. The van der Waals surface area contributed by atoms with Gasteiger partial charge in [-0.25, -0.2) is 4.98 Å². The molecule has 2 aromatic carbocycles. The number of carbonyl (C=O) groups is 1. The predicted octanol–water partition coefficient (Wildman–Crippen LogP) is 4.72. The van der Waals surface area contributed by atoms with Gasteiger partial charge in [0, 0.05) is 16.8 Å². The number of pyridine rings is 1. The number of para-hydroxylation sites is 2. The van der Waals surface area contributed by atoms with Gasteiger partial charge in [-0.3, -0.25) is 4.79 Å². The molecule has 0 unspecified atom stereocenters. The van der Waals surface area contributed by atoms with E-state index in [0.29, 0.717) is 50.7 Å². The molecule has 0 spiro atoms. The summed E-state index contributed by atoms with van der Waals surface area (Å²) in [5, 5.41) is 22.2. The van der Waals surface area contributed by atoms with E-state index in [0.717, 1.165) is 5.57 Å². The molecule has 0 saturated carbocycles. The van der Waals surface area contributed by atoms with Gasteiger partial charge in [0.2, 0.25) is 0 Å². The first-order valence-corrected chi connectivity index (χ1v) is 11.1. The lowest BCUT2D eigenvalue weighted by Crippen LogP contribution is -2.20. The number of nitrogens with zero attached hydrogens (tertiary/aromatic N) is 3. The standard InChI is InChI=1S/C28H23N5O3/c1-16-20(25-17(2)22(14-30)28(31)33-26(25)21(16)13-29)12-18-8-7-11-23(35-3)27(18)36-15-24(34)32-19-9-5-4-6-10-19/h4-12H,15H2,1-3H3,(H2,31,33)(H,32,34). The van der Waals surface area contributed by atoms with Gasteiger partial charge in [-0.15, -0.1) is 0 Å². The minimum atomic E-state index is -0.325. The third-order valence-electron chi connectivity index (χ3n) is 5.92. The van der Waals surface area contributed by atoms with Crippen molar-refractivity contribution in [2.45, 2.75) is 13.8 Å². The lowest BCUT2D eigenvalue weighted by Gasteiger charge is -2.15. The Balaban J connectivity index is 1.76. The SMILES string of the molecule is COc1cccc(C=C2C(C)=C(C#N)c3nc(N)c(C#N)c(C)c32)c1OCC(=O)Nc1ccccc1. The van der Waals surface area contributed by atoms with Crippen molar-refractivity contribution in [2.75, 3.05) is 24.8 Å². The Bertz CT molecular complexity index is 1510. The number of amides is 1. The maximum Gasteiger partial charge on any atom is 0.262 e. The molecule has 36 heavy (non-hydrogen) atoms. The number of ether oxygens (including phenoxy) is 2. The van der Waals surface area contributed by atoms with E-state index in [1.54, 1.807) is 31.2 Å². The minimum absolute atomic E-state index is 0.0883. The molecular weight excluding hydrogens is 454 g/mol. The third-order valence-corrected chi connectivity index (χ3v) is 5.92. The highest BCUT2D eigenvalue weighted by Crippen LogP contribution is 2.45. The third kappa shape index (κ3) is 4.36. The molecule has 8 nitrogen and oxygen atoms in total. The van der Waals surface area contributed by atoms with Crippen LogP contribution in [-0.2, 0) is 4.79 Å². The maximum atomic E-state index is 12.5. The van der Waals surface area contributed by atoms with Crippen LogP contribution in [0, 0.1) is 29.6 Å². The second-order valence-electron chi connectivity index (χ2n) is 8.08. The molecule has 3 aromatic rings. The van der Waals surface area contributed by atoms with Gasteiger partial charge < -0.3 is 20.5 Å². The van der Waals surface area contributed by atoms with Crippen LogP contribution < -0.4 is 20.5 Å². The van der Waals surface area contributed by atoms with E-state index in [-0.39, 0.29) is 23.9 Å². The van der Waals surface area contributed by atoms with Crippen LogP contribution in [0.1, 0.15) is 34.9 Å². The molecule has 178 valence electrons. The van der Waals surface area contributed by atoms with E-state index in [4.69, 9.17) is 15.2 Å². The fraction of sp³-hybridized carbons (Fsp3) is 0.143. The molecular formula is C28H23N5O3. The van der Waals surface area contributed by atoms with E-state index in [1.807, 2.05) is 37.3 Å². The molecule has 0 atom stereocenters. The van der Waals surface area contributed by atoms with Crippen molar-refractivity contribution in [1.82, 2.24) is 4.98 Å². The van der Waals surface area contributed by atoms with Crippen LogP contribution >= 0.6 is 0 Å². The molecule has 4 rings (SSSR count). The summed E-state index contributed by atoms with van der Waals surface area (Å²) >= 11 is 0. The van der Waals surface area contributed by atoms with Gasteiger partial charge in [-0.05, 0) is 54.8 Å². The van der Waals surface area contributed by atoms with Gasteiger partial charge in [0.15, 0.2) is 18.1 Å². The number of hydrogen-bond donors (Lipinski definition) is 2. The molecule has 1 heterocycles. The van der Waals surface area contributed by atoms with Crippen LogP contribution in [0.3, 0.4) is 0 Å². The summed E-state index contributed by atoms with van der Waals surface area (Å²) in [5.41, 5.74) is 11.1. The zero-order chi connectivity index (χ0) is 25.8. The molecule has 8 heteroatoms. The van der Waals surface area contributed by atoms with Crippen molar-refractivity contribution in [2.24, 2.45) is 0 Å². The Hall–Kier alpha value is -5.08. The Kier molecular flexibility index (Phi) is 6.71. The molecule has 0 bridgehead atoms. The number of nitrogens with two attached hydrogens (primary N) is 1. The molecule has 0 fully saturated rings. The van der Waals surface area contributed by atoms with Crippen LogP contribution in [-0.4, -0.2) is 24.6 Å². The van der Waals surface area contributed by atoms with Gasteiger partial charge in [0.05, 0.1) is 23.9 Å². The summed E-state index contributed by atoms with van der Waals surface area (Å²) in [6.45, 7) is 3.37. The van der Waals surface area contributed by atoms with Crippen LogP contribution in [0.25, 0.3) is 17.2 Å². The van der Waals surface area contributed by atoms with Gasteiger partial charge in [0.1, 0.15) is 18.0 Å². The minimum Gasteiger partial charge on any atom is -0.493 e. The van der Waals surface area contributed by atoms with Crippen molar-refractivity contribution in [1.29, 1.82) is 10.5 Å². The number of nitriles is 2. The second-order valence-corrected chi connectivity index (χ2v) is 8.08. The molecule has 1 aromatic heterocycles. The Morgan fingerprint density at radius 3 is 2.53 bits per heavy atom. The summed E-state index contributed by atoms with van der Waals surface area (Å²) in [7, 11) is 1.52. The second kappa shape index (κ2) is 10.0. The number of nitrogens with one attached hydrogen (secondary N) is 1. The van der Waals surface area contributed by atoms with E-state index in [9.17, 15) is 15.3 Å². The zero-order valence-electron chi connectivity index (χ0n) is 20.0. The van der Waals surface area contributed by atoms with Crippen molar-refractivity contribution in [3.63, 3.8) is 0 Å². The molecule has 0 aliphatic heterocycles. The summed E-state index contributed by atoms with van der Waals surface area (Å²) in [4.78, 5) is 16.9. The van der Waals surface area contributed by atoms with Crippen LogP contribution in [0.15, 0.2) is 54.1 Å². The molecule has 1 aliphatic carbocycles. The fourth-order valence-electron chi connectivity index (χ4n) is 4.17.